The molecule has 0 saturated carbocycles. The van der Waals surface area contributed by atoms with E-state index in [-0.39, 0.29) is 12.0 Å². The highest BCUT2D eigenvalue weighted by molar-refractivity contribution is 5.49. The van der Waals surface area contributed by atoms with Crippen molar-refractivity contribution in [1.82, 2.24) is 0 Å². The van der Waals surface area contributed by atoms with E-state index in [1.165, 1.54) is 5.57 Å². The number of hydrogen-bond donors (Lipinski definition) is 0. The molecule has 26 heavy (non-hydrogen) atoms. The van der Waals surface area contributed by atoms with Crippen molar-refractivity contribution in [3.63, 3.8) is 0 Å². The first-order valence-corrected chi connectivity index (χ1v) is 9.05. The minimum absolute atomic E-state index is 0.0256. The number of ether oxygens (including phenoxy) is 3. The predicted octanol–water partition coefficient (Wildman–Crippen LogP) is 5.31. The molecule has 3 aliphatic rings. The largest absolute Gasteiger partial charge is 0.491 e. The quantitative estimate of drug-likeness (QED) is 0.632. The number of hydrogen-bond acceptors (Lipinski definition) is 3. The lowest BCUT2D eigenvalue weighted by molar-refractivity contribution is -0.175. The summed E-state index contributed by atoms with van der Waals surface area (Å²) < 4.78 is 17.7. The summed E-state index contributed by atoms with van der Waals surface area (Å²) in [4.78, 5) is 0. The minimum Gasteiger partial charge on any atom is -0.491 e. The summed E-state index contributed by atoms with van der Waals surface area (Å²) in [6.07, 6.45) is 14.4. The lowest BCUT2D eigenvalue weighted by Gasteiger charge is -2.36. The van der Waals surface area contributed by atoms with Gasteiger partial charge in [-0.15, -0.1) is 5.92 Å². The van der Waals surface area contributed by atoms with Crippen LogP contribution in [0.4, 0.5) is 0 Å². The average Bonchev–Trinajstić information content (AvgIpc) is 3.00. The first-order chi connectivity index (χ1) is 12.4. The van der Waals surface area contributed by atoms with Crippen molar-refractivity contribution in [2.45, 2.75) is 52.4 Å². The molecule has 2 aliphatic heterocycles. The summed E-state index contributed by atoms with van der Waals surface area (Å²) in [7, 11) is 0. The third-order valence-electron chi connectivity index (χ3n) is 4.53. The summed E-state index contributed by atoms with van der Waals surface area (Å²) in [5, 5.41) is 0. The Labute approximate surface area is 156 Å². The molecule has 0 N–H and O–H groups in total. The van der Waals surface area contributed by atoms with Crippen molar-refractivity contribution in [3.05, 3.63) is 71.5 Å². The minimum atomic E-state index is -0.723. The Morgan fingerprint density at radius 1 is 1.27 bits per heavy atom. The van der Waals surface area contributed by atoms with Gasteiger partial charge < -0.3 is 14.2 Å². The van der Waals surface area contributed by atoms with E-state index in [4.69, 9.17) is 14.2 Å². The second-order valence-corrected chi connectivity index (χ2v) is 6.97. The van der Waals surface area contributed by atoms with Gasteiger partial charge in [-0.2, -0.15) is 0 Å². The highest BCUT2D eigenvalue weighted by Gasteiger charge is 2.35. The van der Waals surface area contributed by atoms with Gasteiger partial charge in [0.05, 0.1) is 17.8 Å². The van der Waals surface area contributed by atoms with Crippen molar-refractivity contribution in [2.75, 3.05) is 0 Å². The summed E-state index contributed by atoms with van der Waals surface area (Å²) in [5.74, 6) is 6.95. The topological polar surface area (TPSA) is 27.7 Å². The Hall–Kier alpha value is -2.60. The first kappa shape index (κ1) is 18.2. The molecule has 136 valence electrons. The van der Waals surface area contributed by atoms with Crippen molar-refractivity contribution in [1.29, 1.82) is 0 Å². The zero-order chi connectivity index (χ0) is 18.7. The van der Waals surface area contributed by atoms with E-state index < -0.39 is 5.79 Å². The third kappa shape index (κ3) is 3.65. The van der Waals surface area contributed by atoms with Gasteiger partial charge in [0, 0.05) is 19.4 Å². The van der Waals surface area contributed by atoms with Crippen LogP contribution in [0, 0.1) is 17.8 Å². The zero-order valence-corrected chi connectivity index (χ0v) is 16.0. The summed E-state index contributed by atoms with van der Waals surface area (Å²) >= 11 is 0. The van der Waals surface area contributed by atoms with Crippen LogP contribution in [0.1, 0.15) is 40.5 Å². The smallest absolute Gasteiger partial charge is 0.245 e. The zero-order valence-electron chi connectivity index (χ0n) is 16.0. The van der Waals surface area contributed by atoms with E-state index in [0.717, 1.165) is 29.7 Å². The van der Waals surface area contributed by atoms with Crippen molar-refractivity contribution in [3.8, 4) is 11.8 Å². The Morgan fingerprint density at radius 3 is 2.73 bits per heavy atom. The molecule has 2 atom stereocenters. The first-order valence-electron chi connectivity index (χ1n) is 9.05. The van der Waals surface area contributed by atoms with Crippen LogP contribution in [-0.2, 0) is 14.2 Å². The highest BCUT2D eigenvalue weighted by atomic mass is 16.7. The molecule has 2 heterocycles. The fourth-order valence-electron chi connectivity index (χ4n) is 3.39. The van der Waals surface area contributed by atoms with Gasteiger partial charge in [0.2, 0.25) is 5.79 Å². The Morgan fingerprint density at radius 2 is 2.08 bits per heavy atom. The van der Waals surface area contributed by atoms with Crippen LogP contribution in [0.15, 0.2) is 71.5 Å². The predicted molar refractivity (Wildman–Crippen MR) is 104 cm³/mol. The Kier molecular flexibility index (Phi) is 5.13. The standard InChI is InChI=1S/C23H26O3/c1-6-11-19-18(15-24-22(19)17-12-9-8-10-13-17)14-20-16(3)25-23(4,5)26-21(20)7-2/h7,9,12-15,19,22H,3,8,10H2,1-2,4-5H3/b20-14-,21-7+. The Balaban J connectivity index is 1.91. The van der Waals surface area contributed by atoms with Crippen LogP contribution in [-0.4, -0.2) is 11.9 Å². The lowest BCUT2D eigenvalue weighted by atomic mass is 9.88. The molecule has 3 rings (SSSR count). The number of allylic oxidation sites excluding steroid dienone is 4. The molecule has 0 amide bonds. The van der Waals surface area contributed by atoms with Gasteiger partial charge in [-0.3, -0.25) is 0 Å². The molecule has 3 nitrogen and oxygen atoms in total. The van der Waals surface area contributed by atoms with Crippen LogP contribution in [0.3, 0.4) is 0 Å². The lowest BCUT2D eigenvalue weighted by Crippen LogP contribution is -2.33. The molecule has 0 spiro atoms. The van der Waals surface area contributed by atoms with Gasteiger partial charge in [-0.25, -0.2) is 0 Å². The molecular weight excluding hydrogens is 324 g/mol. The van der Waals surface area contributed by atoms with Crippen molar-refractivity contribution < 1.29 is 14.2 Å². The van der Waals surface area contributed by atoms with E-state index in [2.05, 4.69) is 36.6 Å². The molecule has 0 bridgehead atoms. The molecule has 3 heteroatoms. The van der Waals surface area contributed by atoms with Gasteiger partial charge in [0.1, 0.15) is 17.6 Å². The summed E-state index contributed by atoms with van der Waals surface area (Å²) in [5.41, 5.74) is 3.03. The van der Waals surface area contributed by atoms with E-state index >= 15 is 0 Å². The van der Waals surface area contributed by atoms with Crippen molar-refractivity contribution >= 4 is 0 Å². The molecule has 0 aromatic carbocycles. The van der Waals surface area contributed by atoms with Crippen LogP contribution in [0.5, 0.6) is 0 Å². The van der Waals surface area contributed by atoms with Crippen molar-refractivity contribution in [2.24, 2.45) is 5.92 Å². The normalized spacial score (nSPS) is 29.9. The van der Waals surface area contributed by atoms with E-state index in [1.807, 2.05) is 39.8 Å². The van der Waals surface area contributed by atoms with Crippen LogP contribution in [0.2, 0.25) is 0 Å². The van der Waals surface area contributed by atoms with Gasteiger partial charge in [0.15, 0.2) is 0 Å². The van der Waals surface area contributed by atoms with Gasteiger partial charge in [-0.1, -0.05) is 30.7 Å². The van der Waals surface area contributed by atoms with Crippen LogP contribution < -0.4 is 0 Å². The highest BCUT2D eigenvalue weighted by Crippen LogP contribution is 2.39. The monoisotopic (exact) mass is 350 g/mol. The molecule has 1 saturated heterocycles. The maximum Gasteiger partial charge on any atom is 0.245 e. The molecule has 0 aromatic rings. The van der Waals surface area contributed by atoms with E-state index in [9.17, 15) is 0 Å². The third-order valence-corrected chi connectivity index (χ3v) is 4.53. The molecular formula is C23H26O3. The van der Waals surface area contributed by atoms with E-state index in [1.54, 1.807) is 6.26 Å². The van der Waals surface area contributed by atoms with Gasteiger partial charge >= 0.3 is 0 Å². The molecule has 0 radical (unpaired) electrons. The fraction of sp³-hybridized carbons (Fsp3) is 0.391. The molecule has 1 aliphatic carbocycles. The maximum absolute atomic E-state index is 6.00. The van der Waals surface area contributed by atoms with Gasteiger partial charge in [-0.05, 0) is 44.4 Å². The van der Waals surface area contributed by atoms with Gasteiger partial charge in [0.25, 0.3) is 0 Å². The van der Waals surface area contributed by atoms with Crippen LogP contribution >= 0.6 is 0 Å². The SMILES string of the molecule is C=C1OC(C)(C)OC(=C/C)/C1=C\C1=COC(C2=CCCC=C2)C1C#CC. The summed E-state index contributed by atoms with van der Waals surface area (Å²) in [6, 6.07) is 0. The van der Waals surface area contributed by atoms with Crippen LogP contribution in [0.25, 0.3) is 0 Å². The average molecular weight is 350 g/mol. The second-order valence-electron chi connectivity index (χ2n) is 6.97. The second kappa shape index (κ2) is 7.33. The molecule has 0 aromatic heterocycles. The molecule has 1 fully saturated rings. The Bertz CT molecular complexity index is 806. The summed E-state index contributed by atoms with van der Waals surface area (Å²) in [6.45, 7) is 11.6. The van der Waals surface area contributed by atoms with E-state index in [0.29, 0.717) is 5.76 Å². The maximum atomic E-state index is 6.00. The number of rotatable bonds is 2. The molecule has 2 unspecified atom stereocenters. The fourth-order valence-corrected chi connectivity index (χ4v) is 3.39.